The van der Waals surface area contributed by atoms with Crippen molar-refractivity contribution < 1.29 is 14.8 Å². The average Bonchev–Trinajstić information content (AvgIpc) is 2.39. The second-order valence-corrected chi connectivity index (χ2v) is 3.58. The van der Waals surface area contributed by atoms with Crippen molar-refractivity contribution in [3.63, 3.8) is 0 Å². The highest BCUT2D eigenvalue weighted by Crippen LogP contribution is 2.19. The SMILES string of the molecule is COc1ccc(-c2ccc(B(O)O)cn2)cc1. The van der Waals surface area contributed by atoms with Crippen LogP contribution in [0.25, 0.3) is 11.3 Å². The lowest BCUT2D eigenvalue weighted by atomic mass is 9.81. The third-order valence-electron chi connectivity index (χ3n) is 2.47. The zero-order chi connectivity index (χ0) is 12.3. The van der Waals surface area contributed by atoms with Gasteiger partial charge in [0, 0.05) is 17.2 Å². The van der Waals surface area contributed by atoms with Gasteiger partial charge in [-0.3, -0.25) is 4.98 Å². The van der Waals surface area contributed by atoms with Crippen LogP contribution in [0, 0.1) is 0 Å². The number of methoxy groups -OCH3 is 1. The Kier molecular flexibility index (Phi) is 3.42. The molecule has 0 aliphatic rings. The summed E-state index contributed by atoms with van der Waals surface area (Å²) in [5.41, 5.74) is 2.10. The first-order chi connectivity index (χ1) is 8.20. The Morgan fingerprint density at radius 3 is 2.24 bits per heavy atom. The maximum Gasteiger partial charge on any atom is 0.490 e. The van der Waals surface area contributed by atoms with Gasteiger partial charge < -0.3 is 14.8 Å². The second kappa shape index (κ2) is 4.99. The van der Waals surface area contributed by atoms with Crippen LogP contribution in [-0.2, 0) is 0 Å². The minimum atomic E-state index is -1.48. The van der Waals surface area contributed by atoms with Crippen molar-refractivity contribution in [1.29, 1.82) is 0 Å². The Balaban J connectivity index is 2.26. The summed E-state index contributed by atoms with van der Waals surface area (Å²) in [5, 5.41) is 17.9. The molecule has 0 spiro atoms. The van der Waals surface area contributed by atoms with Crippen LogP contribution in [0.15, 0.2) is 42.6 Å². The molecule has 1 aromatic heterocycles. The van der Waals surface area contributed by atoms with Crippen LogP contribution in [0.3, 0.4) is 0 Å². The van der Waals surface area contributed by atoms with E-state index >= 15 is 0 Å². The Morgan fingerprint density at radius 1 is 1.06 bits per heavy atom. The average molecular weight is 229 g/mol. The topological polar surface area (TPSA) is 62.6 Å². The predicted octanol–water partition coefficient (Wildman–Crippen LogP) is 0.437. The van der Waals surface area contributed by atoms with Crippen molar-refractivity contribution in [3.8, 4) is 17.0 Å². The van der Waals surface area contributed by atoms with Crippen molar-refractivity contribution in [2.75, 3.05) is 7.11 Å². The minimum Gasteiger partial charge on any atom is -0.497 e. The lowest BCUT2D eigenvalue weighted by Crippen LogP contribution is -2.29. The molecule has 0 saturated heterocycles. The van der Waals surface area contributed by atoms with E-state index in [2.05, 4.69) is 4.98 Å². The third kappa shape index (κ3) is 2.64. The molecule has 17 heavy (non-hydrogen) atoms. The first kappa shape index (κ1) is 11.6. The number of hydrogen-bond acceptors (Lipinski definition) is 4. The maximum absolute atomic E-state index is 8.95. The largest absolute Gasteiger partial charge is 0.497 e. The molecule has 0 aliphatic heterocycles. The number of ether oxygens (including phenoxy) is 1. The minimum absolute atomic E-state index is 0.377. The van der Waals surface area contributed by atoms with E-state index in [-0.39, 0.29) is 0 Å². The fourth-order valence-corrected chi connectivity index (χ4v) is 1.49. The van der Waals surface area contributed by atoms with E-state index in [0.29, 0.717) is 5.46 Å². The van der Waals surface area contributed by atoms with E-state index in [9.17, 15) is 0 Å². The molecule has 1 heterocycles. The second-order valence-electron chi connectivity index (χ2n) is 3.58. The quantitative estimate of drug-likeness (QED) is 0.749. The summed E-state index contributed by atoms with van der Waals surface area (Å²) in [6.07, 6.45) is 1.45. The molecule has 0 unspecified atom stereocenters. The Morgan fingerprint density at radius 2 is 1.76 bits per heavy atom. The molecule has 0 aliphatic carbocycles. The van der Waals surface area contributed by atoms with Crippen molar-refractivity contribution in [2.45, 2.75) is 0 Å². The molecule has 2 aromatic rings. The van der Waals surface area contributed by atoms with Crippen LogP contribution < -0.4 is 10.2 Å². The van der Waals surface area contributed by atoms with E-state index in [1.807, 2.05) is 24.3 Å². The molecule has 1 aromatic carbocycles. The van der Waals surface area contributed by atoms with Crippen molar-refractivity contribution in [2.24, 2.45) is 0 Å². The van der Waals surface area contributed by atoms with Crippen LogP contribution in [0.4, 0.5) is 0 Å². The molecule has 5 heteroatoms. The van der Waals surface area contributed by atoms with Crippen LogP contribution in [0.5, 0.6) is 5.75 Å². The number of pyridine rings is 1. The van der Waals surface area contributed by atoms with Gasteiger partial charge in [-0.25, -0.2) is 0 Å². The summed E-state index contributed by atoms with van der Waals surface area (Å²) < 4.78 is 5.07. The van der Waals surface area contributed by atoms with Gasteiger partial charge in [0.05, 0.1) is 12.8 Å². The number of hydrogen-bond donors (Lipinski definition) is 2. The van der Waals surface area contributed by atoms with Gasteiger partial charge >= 0.3 is 7.12 Å². The molecule has 2 rings (SSSR count). The Bertz CT molecular complexity index is 482. The van der Waals surface area contributed by atoms with Gasteiger partial charge in [-0.1, -0.05) is 6.07 Å². The van der Waals surface area contributed by atoms with E-state index in [1.54, 1.807) is 19.2 Å². The lowest BCUT2D eigenvalue weighted by Gasteiger charge is -2.04. The zero-order valence-electron chi connectivity index (χ0n) is 9.37. The molecule has 0 bridgehead atoms. The molecule has 2 N–H and O–H groups in total. The van der Waals surface area contributed by atoms with Gasteiger partial charge in [0.15, 0.2) is 0 Å². The number of nitrogens with zero attached hydrogens (tertiary/aromatic N) is 1. The van der Waals surface area contributed by atoms with Crippen molar-refractivity contribution in [3.05, 3.63) is 42.6 Å². The molecular weight excluding hydrogens is 217 g/mol. The highest BCUT2D eigenvalue weighted by atomic mass is 16.5. The predicted molar refractivity (Wildman–Crippen MR) is 66.1 cm³/mol. The molecular formula is C12H12BNO3. The van der Waals surface area contributed by atoms with Gasteiger partial charge in [0.25, 0.3) is 0 Å². The van der Waals surface area contributed by atoms with Crippen LogP contribution in [0.2, 0.25) is 0 Å². The normalized spacial score (nSPS) is 10.1. The molecule has 0 radical (unpaired) electrons. The fraction of sp³-hybridized carbons (Fsp3) is 0.0833. The maximum atomic E-state index is 8.95. The Labute approximate surface area is 99.7 Å². The fourth-order valence-electron chi connectivity index (χ4n) is 1.49. The molecule has 0 atom stereocenters. The number of benzene rings is 1. The van der Waals surface area contributed by atoms with E-state index < -0.39 is 7.12 Å². The molecule has 0 amide bonds. The van der Waals surface area contributed by atoms with E-state index in [4.69, 9.17) is 14.8 Å². The van der Waals surface area contributed by atoms with Crippen LogP contribution >= 0.6 is 0 Å². The third-order valence-corrected chi connectivity index (χ3v) is 2.47. The zero-order valence-corrected chi connectivity index (χ0v) is 9.37. The molecule has 4 nitrogen and oxygen atoms in total. The van der Waals surface area contributed by atoms with Crippen molar-refractivity contribution >= 4 is 12.6 Å². The summed E-state index contributed by atoms with van der Waals surface area (Å²) in [7, 11) is 0.137. The monoisotopic (exact) mass is 229 g/mol. The smallest absolute Gasteiger partial charge is 0.490 e. The highest BCUT2D eigenvalue weighted by molar-refractivity contribution is 6.58. The van der Waals surface area contributed by atoms with Crippen LogP contribution in [0.1, 0.15) is 0 Å². The molecule has 0 fully saturated rings. The molecule has 86 valence electrons. The van der Waals surface area contributed by atoms with Gasteiger partial charge in [-0.2, -0.15) is 0 Å². The van der Waals surface area contributed by atoms with Crippen molar-refractivity contribution in [1.82, 2.24) is 4.98 Å². The Hall–Kier alpha value is -1.85. The van der Waals surface area contributed by atoms with Crippen LogP contribution in [-0.4, -0.2) is 29.3 Å². The highest BCUT2D eigenvalue weighted by Gasteiger charge is 2.10. The summed E-state index contributed by atoms with van der Waals surface area (Å²) >= 11 is 0. The first-order valence-corrected chi connectivity index (χ1v) is 5.17. The number of aromatic nitrogens is 1. The standard InChI is InChI=1S/C12H12BNO3/c1-17-11-5-2-9(3-6-11)12-7-4-10(8-14-12)13(15)16/h2-8,15-16H,1H3. The van der Waals surface area contributed by atoms with Gasteiger partial charge in [0.1, 0.15) is 5.75 Å². The summed E-state index contributed by atoms with van der Waals surface area (Å²) in [6, 6.07) is 10.9. The first-order valence-electron chi connectivity index (χ1n) is 5.17. The van der Waals surface area contributed by atoms with Gasteiger partial charge in [-0.15, -0.1) is 0 Å². The van der Waals surface area contributed by atoms with Gasteiger partial charge in [0.2, 0.25) is 0 Å². The van der Waals surface area contributed by atoms with Gasteiger partial charge in [-0.05, 0) is 30.3 Å². The summed E-state index contributed by atoms with van der Waals surface area (Å²) in [5.74, 6) is 0.788. The summed E-state index contributed by atoms with van der Waals surface area (Å²) in [4.78, 5) is 4.16. The molecule has 0 saturated carbocycles. The van der Waals surface area contributed by atoms with E-state index in [0.717, 1.165) is 17.0 Å². The van der Waals surface area contributed by atoms with E-state index in [1.165, 1.54) is 6.20 Å². The summed E-state index contributed by atoms with van der Waals surface area (Å²) in [6.45, 7) is 0. The lowest BCUT2D eigenvalue weighted by molar-refractivity contribution is 0.415. The number of rotatable bonds is 3.